The predicted molar refractivity (Wildman–Crippen MR) is 52.7 cm³/mol. The van der Waals surface area contributed by atoms with Crippen LogP contribution < -0.4 is 0 Å². The van der Waals surface area contributed by atoms with Crippen molar-refractivity contribution < 1.29 is 19.7 Å². The Balaban J connectivity index is 4.04. The first-order chi connectivity index (χ1) is 6.40. The lowest BCUT2D eigenvalue weighted by Gasteiger charge is -2.22. The first kappa shape index (κ1) is 13.4. The zero-order chi connectivity index (χ0) is 11.2. The molecule has 0 spiro atoms. The normalized spacial score (nSPS) is 13.8. The van der Waals surface area contributed by atoms with Crippen molar-refractivity contribution in [1.29, 1.82) is 0 Å². The van der Waals surface area contributed by atoms with Crippen LogP contribution in [-0.4, -0.2) is 35.0 Å². The van der Waals surface area contributed by atoms with Gasteiger partial charge in [0.15, 0.2) is 0 Å². The minimum atomic E-state index is -0.524. The molecule has 0 saturated carbocycles. The maximum Gasteiger partial charge on any atom is 0.311 e. The summed E-state index contributed by atoms with van der Waals surface area (Å²) in [5, 5.41) is 17.5. The number of aliphatic hydroxyl groups excluding tert-OH is 2. The zero-order valence-electron chi connectivity index (χ0n) is 9.12. The summed E-state index contributed by atoms with van der Waals surface area (Å²) in [5.41, 5.74) is -0.524. The highest BCUT2D eigenvalue weighted by atomic mass is 16.6. The minimum absolute atomic E-state index is 0.0271. The molecule has 4 nitrogen and oxygen atoms in total. The van der Waals surface area contributed by atoms with Crippen molar-refractivity contribution >= 4 is 5.97 Å². The second-order valence-electron chi connectivity index (χ2n) is 4.28. The van der Waals surface area contributed by atoms with E-state index in [1.807, 2.05) is 0 Å². The van der Waals surface area contributed by atoms with Gasteiger partial charge < -0.3 is 14.9 Å². The minimum Gasteiger partial charge on any atom is -0.460 e. The molecule has 4 heteroatoms. The van der Waals surface area contributed by atoms with Crippen molar-refractivity contribution in [2.75, 3.05) is 13.2 Å². The van der Waals surface area contributed by atoms with Gasteiger partial charge in [0.25, 0.3) is 0 Å². The van der Waals surface area contributed by atoms with Gasteiger partial charge in [-0.2, -0.15) is 0 Å². The molecule has 0 fully saturated rings. The van der Waals surface area contributed by atoms with E-state index in [1.165, 1.54) is 0 Å². The van der Waals surface area contributed by atoms with E-state index in [4.69, 9.17) is 14.9 Å². The first-order valence-corrected chi connectivity index (χ1v) is 4.85. The number of rotatable bonds is 5. The van der Waals surface area contributed by atoms with Crippen molar-refractivity contribution in [3.05, 3.63) is 0 Å². The van der Waals surface area contributed by atoms with Gasteiger partial charge in [-0.25, -0.2) is 0 Å². The van der Waals surface area contributed by atoms with Crippen LogP contribution in [0.25, 0.3) is 0 Å². The smallest absolute Gasteiger partial charge is 0.311 e. The largest absolute Gasteiger partial charge is 0.460 e. The zero-order valence-corrected chi connectivity index (χ0v) is 9.12. The topological polar surface area (TPSA) is 66.8 Å². The molecule has 0 aliphatic rings. The fourth-order valence-electron chi connectivity index (χ4n) is 1.01. The fourth-order valence-corrected chi connectivity index (χ4v) is 1.01. The van der Waals surface area contributed by atoms with Gasteiger partial charge >= 0.3 is 5.97 Å². The van der Waals surface area contributed by atoms with Gasteiger partial charge in [0, 0.05) is 6.61 Å². The van der Waals surface area contributed by atoms with Gasteiger partial charge in [0.2, 0.25) is 0 Å². The standard InChI is InChI=1S/C10H20O4/c1-10(2,3)14-9(13)8(7-12)5-4-6-11/h8,11-12H,4-7H2,1-3H3/t8-/m1/s1. The quantitative estimate of drug-likeness (QED) is 0.647. The number of esters is 1. The lowest BCUT2D eigenvalue weighted by Crippen LogP contribution is -2.30. The Morgan fingerprint density at radius 2 is 1.93 bits per heavy atom. The molecule has 0 aromatic carbocycles. The molecule has 84 valence electrons. The number of carbonyl (C=O) groups excluding carboxylic acids is 1. The van der Waals surface area contributed by atoms with E-state index in [1.54, 1.807) is 20.8 Å². The highest BCUT2D eigenvalue weighted by molar-refractivity contribution is 5.72. The van der Waals surface area contributed by atoms with Gasteiger partial charge in [-0.1, -0.05) is 0 Å². The van der Waals surface area contributed by atoms with E-state index in [-0.39, 0.29) is 13.2 Å². The molecule has 0 aromatic rings. The van der Waals surface area contributed by atoms with Crippen molar-refractivity contribution in [2.24, 2.45) is 5.92 Å². The Hall–Kier alpha value is -0.610. The molecule has 0 radical (unpaired) electrons. The van der Waals surface area contributed by atoms with Crippen LogP contribution in [0.1, 0.15) is 33.6 Å². The van der Waals surface area contributed by atoms with Crippen LogP contribution in [0.15, 0.2) is 0 Å². The molecule has 0 bridgehead atoms. The molecular formula is C10H20O4. The second-order valence-corrected chi connectivity index (χ2v) is 4.28. The molecule has 0 aliphatic heterocycles. The van der Waals surface area contributed by atoms with Crippen LogP contribution in [-0.2, 0) is 9.53 Å². The molecule has 0 saturated heterocycles. The van der Waals surface area contributed by atoms with Gasteiger partial charge in [0.1, 0.15) is 5.60 Å². The number of carbonyl (C=O) groups is 1. The molecule has 1 atom stereocenters. The Morgan fingerprint density at radius 3 is 2.29 bits per heavy atom. The number of hydrogen-bond donors (Lipinski definition) is 2. The average Bonchev–Trinajstić information content (AvgIpc) is 2.02. The van der Waals surface area contributed by atoms with Crippen molar-refractivity contribution in [1.82, 2.24) is 0 Å². The number of ether oxygens (including phenoxy) is 1. The third kappa shape index (κ3) is 5.94. The van der Waals surface area contributed by atoms with E-state index in [2.05, 4.69) is 0 Å². The predicted octanol–water partition coefficient (Wildman–Crippen LogP) is 0.709. The molecule has 14 heavy (non-hydrogen) atoms. The summed E-state index contributed by atoms with van der Waals surface area (Å²) in [6, 6.07) is 0. The molecule has 0 amide bonds. The average molecular weight is 204 g/mol. The number of aliphatic hydroxyl groups is 2. The van der Waals surface area contributed by atoms with Crippen LogP contribution in [0, 0.1) is 5.92 Å². The lowest BCUT2D eigenvalue weighted by atomic mass is 10.0. The van der Waals surface area contributed by atoms with Crippen LogP contribution in [0.3, 0.4) is 0 Å². The molecule has 0 aromatic heterocycles. The van der Waals surface area contributed by atoms with E-state index in [0.717, 1.165) is 0 Å². The Labute approximate surface area is 84.9 Å². The monoisotopic (exact) mass is 204 g/mol. The van der Waals surface area contributed by atoms with Gasteiger partial charge in [-0.3, -0.25) is 4.79 Å². The Kier molecular flexibility index (Phi) is 5.72. The maximum atomic E-state index is 11.4. The summed E-state index contributed by atoms with van der Waals surface area (Å²) in [6.07, 6.45) is 0.965. The van der Waals surface area contributed by atoms with E-state index in [9.17, 15) is 4.79 Å². The second kappa shape index (κ2) is 5.98. The van der Waals surface area contributed by atoms with Crippen molar-refractivity contribution in [3.63, 3.8) is 0 Å². The highest BCUT2D eigenvalue weighted by Crippen LogP contribution is 2.14. The summed E-state index contributed by atoms with van der Waals surface area (Å²) >= 11 is 0. The summed E-state index contributed by atoms with van der Waals surface area (Å²) < 4.78 is 5.11. The molecule has 0 rings (SSSR count). The van der Waals surface area contributed by atoms with Crippen LogP contribution in [0.2, 0.25) is 0 Å². The van der Waals surface area contributed by atoms with Crippen molar-refractivity contribution in [2.45, 2.75) is 39.2 Å². The molecule has 2 N–H and O–H groups in total. The van der Waals surface area contributed by atoms with Gasteiger partial charge in [0.05, 0.1) is 12.5 Å². The van der Waals surface area contributed by atoms with Crippen LogP contribution in [0.4, 0.5) is 0 Å². The van der Waals surface area contributed by atoms with Crippen LogP contribution >= 0.6 is 0 Å². The summed E-state index contributed by atoms with van der Waals surface area (Å²) in [7, 11) is 0. The summed E-state index contributed by atoms with van der Waals surface area (Å²) in [5.74, 6) is -0.908. The van der Waals surface area contributed by atoms with E-state index < -0.39 is 17.5 Å². The molecule has 0 aliphatic carbocycles. The first-order valence-electron chi connectivity index (χ1n) is 4.85. The molecule has 0 heterocycles. The fraction of sp³-hybridized carbons (Fsp3) is 0.900. The Morgan fingerprint density at radius 1 is 1.36 bits per heavy atom. The highest BCUT2D eigenvalue weighted by Gasteiger charge is 2.23. The maximum absolute atomic E-state index is 11.4. The number of hydrogen-bond acceptors (Lipinski definition) is 4. The Bertz CT molecular complexity index is 171. The lowest BCUT2D eigenvalue weighted by molar-refractivity contribution is -0.161. The van der Waals surface area contributed by atoms with E-state index in [0.29, 0.717) is 12.8 Å². The third-order valence-corrected chi connectivity index (χ3v) is 1.67. The third-order valence-electron chi connectivity index (χ3n) is 1.67. The summed E-state index contributed by atoms with van der Waals surface area (Å²) in [4.78, 5) is 11.4. The molecular weight excluding hydrogens is 184 g/mol. The van der Waals surface area contributed by atoms with Crippen molar-refractivity contribution in [3.8, 4) is 0 Å². The van der Waals surface area contributed by atoms with Crippen LogP contribution in [0.5, 0.6) is 0 Å². The van der Waals surface area contributed by atoms with Gasteiger partial charge in [-0.15, -0.1) is 0 Å². The SMILES string of the molecule is CC(C)(C)OC(=O)[C@@H](CO)CCCO. The molecule has 0 unspecified atom stereocenters. The summed E-state index contributed by atoms with van der Waals surface area (Å²) in [6.45, 7) is 5.15. The van der Waals surface area contributed by atoms with Gasteiger partial charge in [-0.05, 0) is 33.6 Å². The van der Waals surface area contributed by atoms with E-state index >= 15 is 0 Å².